The maximum Gasteiger partial charge on any atom is 0.0846 e. The van der Waals surface area contributed by atoms with Crippen molar-refractivity contribution in [3.8, 4) is 0 Å². The van der Waals surface area contributed by atoms with Crippen LogP contribution in [0.25, 0.3) is 0 Å². The van der Waals surface area contributed by atoms with Crippen molar-refractivity contribution in [3.05, 3.63) is 0 Å². The lowest BCUT2D eigenvalue weighted by molar-refractivity contribution is -0.932. The largest absolute Gasteiger partial charge is 0.333 e. The van der Waals surface area contributed by atoms with Gasteiger partial charge in [0.25, 0.3) is 0 Å². The third-order valence-electron chi connectivity index (χ3n) is 2.83. The fraction of sp³-hybridized carbons (Fsp3) is 1.00. The molecule has 1 saturated heterocycles. The van der Waals surface area contributed by atoms with Gasteiger partial charge >= 0.3 is 0 Å². The highest BCUT2D eigenvalue weighted by Crippen LogP contribution is 2.05. The molecule has 0 aliphatic carbocycles. The molecular weight excluding hydrogens is 110 g/mol. The molecule has 0 saturated carbocycles. The van der Waals surface area contributed by atoms with Crippen LogP contribution in [-0.4, -0.2) is 19.1 Å². The van der Waals surface area contributed by atoms with E-state index in [1.165, 1.54) is 19.3 Å². The Kier molecular flexibility index (Phi) is 2.12. The number of nitrogens with one attached hydrogen (secondary N) is 1. The van der Waals surface area contributed by atoms with Crippen LogP contribution in [0, 0.1) is 0 Å². The fourth-order valence-corrected chi connectivity index (χ4v) is 1.67. The van der Waals surface area contributed by atoms with E-state index < -0.39 is 0 Å². The zero-order valence-corrected chi connectivity index (χ0v) is 6.78. The first kappa shape index (κ1) is 7.07. The minimum absolute atomic E-state index is 0.897. The molecule has 0 aromatic rings. The standard InChI is InChI=1S/C8H17N/c1-7-5-4-6-8(2)9(7)3/h7-8H,4-6H2,1-3H3/p+1/t7-,8+. The Hall–Kier alpha value is -0.0400. The van der Waals surface area contributed by atoms with Crippen molar-refractivity contribution in [2.24, 2.45) is 0 Å². The van der Waals surface area contributed by atoms with Crippen LogP contribution in [0.2, 0.25) is 0 Å². The van der Waals surface area contributed by atoms with E-state index in [0.717, 1.165) is 12.1 Å². The molecule has 9 heavy (non-hydrogen) atoms. The lowest BCUT2D eigenvalue weighted by atomic mass is 9.99. The topological polar surface area (TPSA) is 4.44 Å². The van der Waals surface area contributed by atoms with E-state index in [-0.39, 0.29) is 0 Å². The minimum atomic E-state index is 0.897. The molecule has 1 N–H and O–H groups in total. The second-order valence-electron chi connectivity index (χ2n) is 3.48. The first-order valence-electron chi connectivity index (χ1n) is 4.05. The molecule has 1 aliphatic heterocycles. The average molecular weight is 128 g/mol. The van der Waals surface area contributed by atoms with Gasteiger partial charge in [-0.05, 0) is 33.1 Å². The van der Waals surface area contributed by atoms with Crippen LogP contribution in [0.4, 0.5) is 0 Å². The van der Waals surface area contributed by atoms with Gasteiger partial charge in [0.2, 0.25) is 0 Å². The Morgan fingerprint density at radius 1 is 1.11 bits per heavy atom. The highest BCUT2D eigenvalue weighted by molar-refractivity contribution is 4.60. The normalized spacial score (nSPS) is 45.0. The van der Waals surface area contributed by atoms with Gasteiger partial charge in [-0.25, -0.2) is 0 Å². The van der Waals surface area contributed by atoms with Crippen molar-refractivity contribution in [1.29, 1.82) is 0 Å². The highest BCUT2D eigenvalue weighted by Gasteiger charge is 2.23. The van der Waals surface area contributed by atoms with Gasteiger partial charge in [-0.3, -0.25) is 0 Å². The molecule has 54 valence electrons. The molecule has 1 fully saturated rings. The Balaban J connectivity index is 2.41. The Labute approximate surface area is 58.0 Å². The molecule has 1 heteroatoms. The number of quaternary nitrogens is 1. The van der Waals surface area contributed by atoms with E-state index in [9.17, 15) is 0 Å². The smallest absolute Gasteiger partial charge is 0.0846 e. The first-order chi connectivity index (χ1) is 4.22. The van der Waals surface area contributed by atoms with Crippen molar-refractivity contribution in [2.45, 2.75) is 45.2 Å². The molecule has 0 radical (unpaired) electrons. The van der Waals surface area contributed by atoms with Crippen molar-refractivity contribution < 1.29 is 4.90 Å². The SMILES string of the molecule is C[C@@H]1CCC[C@H](C)[NH+]1C. The zero-order valence-electron chi connectivity index (χ0n) is 6.78. The van der Waals surface area contributed by atoms with E-state index in [1.54, 1.807) is 4.90 Å². The second-order valence-corrected chi connectivity index (χ2v) is 3.48. The number of likely N-dealkylation sites (tertiary alicyclic amines) is 1. The molecule has 1 rings (SSSR count). The van der Waals surface area contributed by atoms with Crippen molar-refractivity contribution in [1.82, 2.24) is 0 Å². The summed E-state index contributed by atoms with van der Waals surface area (Å²) < 4.78 is 0. The second kappa shape index (κ2) is 2.70. The summed E-state index contributed by atoms with van der Waals surface area (Å²) in [5, 5.41) is 0. The fourth-order valence-electron chi connectivity index (χ4n) is 1.67. The van der Waals surface area contributed by atoms with Crippen LogP contribution < -0.4 is 4.90 Å². The van der Waals surface area contributed by atoms with Gasteiger partial charge in [0.15, 0.2) is 0 Å². The molecule has 0 spiro atoms. The van der Waals surface area contributed by atoms with Crippen molar-refractivity contribution in [3.63, 3.8) is 0 Å². The molecular formula is C8H18N+. The summed E-state index contributed by atoms with van der Waals surface area (Å²) in [6.07, 6.45) is 4.30. The number of piperidine rings is 1. The van der Waals surface area contributed by atoms with Gasteiger partial charge in [-0.15, -0.1) is 0 Å². The number of hydrogen-bond acceptors (Lipinski definition) is 0. The van der Waals surface area contributed by atoms with E-state index in [1.807, 2.05) is 0 Å². The molecule has 0 aromatic heterocycles. The molecule has 1 heterocycles. The van der Waals surface area contributed by atoms with Gasteiger partial charge in [0, 0.05) is 0 Å². The Morgan fingerprint density at radius 2 is 1.56 bits per heavy atom. The molecule has 0 aromatic carbocycles. The van der Waals surface area contributed by atoms with Crippen LogP contribution in [-0.2, 0) is 0 Å². The Morgan fingerprint density at radius 3 is 1.89 bits per heavy atom. The van der Waals surface area contributed by atoms with Crippen LogP contribution >= 0.6 is 0 Å². The summed E-state index contributed by atoms with van der Waals surface area (Å²) in [6, 6.07) is 1.79. The molecule has 1 aliphatic rings. The van der Waals surface area contributed by atoms with Crippen LogP contribution in [0.1, 0.15) is 33.1 Å². The van der Waals surface area contributed by atoms with Gasteiger partial charge in [-0.1, -0.05) is 0 Å². The highest BCUT2D eigenvalue weighted by atomic mass is 15.2. The van der Waals surface area contributed by atoms with E-state index in [0.29, 0.717) is 0 Å². The zero-order chi connectivity index (χ0) is 6.85. The predicted octanol–water partition coefficient (Wildman–Crippen LogP) is 0.462. The van der Waals surface area contributed by atoms with Gasteiger partial charge in [-0.2, -0.15) is 0 Å². The molecule has 0 amide bonds. The summed E-state index contributed by atoms with van der Waals surface area (Å²) in [4.78, 5) is 1.72. The van der Waals surface area contributed by atoms with Gasteiger partial charge < -0.3 is 4.90 Å². The third-order valence-corrected chi connectivity index (χ3v) is 2.83. The first-order valence-corrected chi connectivity index (χ1v) is 4.05. The van der Waals surface area contributed by atoms with Crippen LogP contribution in [0.5, 0.6) is 0 Å². The summed E-state index contributed by atoms with van der Waals surface area (Å²) in [6.45, 7) is 4.70. The van der Waals surface area contributed by atoms with Gasteiger partial charge in [0.05, 0.1) is 19.1 Å². The monoisotopic (exact) mass is 128 g/mol. The van der Waals surface area contributed by atoms with E-state index in [2.05, 4.69) is 20.9 Å². The summed E-state index contributed by atoms with van der Waals surface area (Å²) in [5.74, 6) is 0. The maximum absolute atomic E-state index is 2.35. The molecule has 1 unspecified atom stereocenters. The minimum Gasteiger partial charge on any atom is -0.333 e. The van der Waals surface area contributed by atoms with Gasteiger partial charge in [0.1, 0.15) is 0 Å². The molecule has 3 atom stereocenters. The number of rotatable bonds is 0. The van der Waals surface area contributed by atoms with Crippen molar-refractivity contribution >= 4 is 0 Å². The average Bonchev–Trinajstić information content (AvgIpc) is 1.83. The lowest BCUT2D eigenvalue weighted by Gasteiger charge is -2.32. The van der Waals surface area contributed by atoms with Crippen LogP contribution in [0.15, 0.2) is 0 Å². The quantitative estimate of drug-likeness (QED) is 0.483. The summed E-state index contributed by atoms with van der Waals surface area (Å²) in [7, 11) is 2.31. The van der Waals surface area contributed by atoms with E-state index >= 15 is 0 Å². The van der Waals surface area contributed by atoms with Crippen molar-refractivity contribution in [2.75, 3.05) is 7.05 Å². The molecule has 1 nitrogen and oxygen atoms in total. The van der Waals surface area contributed by atoms with E-state index in [4.69, 9.17) is 0 Å². The Bertz CT molecular complexity index is 80.6. The predicted molar refractivity (Wildman–Crippen MR) is 39.7 cm³/mol. The summed E-state index contributed by atoms with van der Waals surface area (Å²) >= 11 is 0. The maximum atomic E-state index is 2.35. The third kappa shape index (κ3) is 1.45. The molecule has 0 bridgehead atoms. The lowest BCUT2D eigenvalue weighted by Crippen LogP contribution is -3.16. The van der Waals surface area contributed by atoms with Crippen LogP contribution in [0.3, 0.4) is 0 Å². The summed E-state index contributed by atoms with van der Waals surface area (Å²) in [5.41, 5.74) is 0. The number of hydrogen-bond donors (Lipinski definition) is 1.